The van der Waals surface area contributed by atoms with Gasteiger partial charge in [0.15, 0.2) is 5.65 Å². The molecule has 0 spiro atoms. The largest absolute Gasteiger partial charge is 0.365 e. The van der Waals surface area contributed by atoms with Gasteiger partial charge in [-0.1, -0.05) is 11.6 Å². The molecule has 0 aliphatic carbocycles. The zero-order valence-corrected chi connectivity index (χ0v) is 16.8. The maximum atomic E-state index is 12.6. The monoisotopic (exact) mass is 423 g/mol. The molecule has 154 valence electrons. The summed E-state index contributed by atoms with van der Waals surface area (Å²) in [6.45, 7) is 5.65. The van der Waals surface area contributed by atoms with Crippen LogP contribution in [0.3, 0.4) is 0 Å². The van der Waals surface area contributed by atoms with Crippen LogP contribution in [0.2, 0.25) is 5.02 Å². The van der Waals surface area contributed by atoms with Gasteiger partial charge in [0.2, 0.25) is 0 Å². The van der Waals surface area contributed by atoms with E-state index in [0.717, 1.165) is 22.9 Å². The highest BCUT2D eigenvalue weighted by atomic mass is 35.5. The second kappa shape index (κ2) is 7.58. The number of anilines is 2. The molecule has 0 atom stereocenters. The lowest BCUT2D eigenvalue weighted by Crippen LogP contribution is -2.47. The van der Waals surface area contributed by atoms with E-state index in [1.807, 2.05) is 35.4 Å². The Morgan fingerprint density at radius 2 is 1.79 bits per heavy atom. The minimum atomic E-state index is -2.67. The summed E-state index contributed by atoms with van der Waals surface area (Å²) in [7, 11) is 0. The van der Waals surface area contributed by atoms with Crippen molar-refractivity contribution < 1.29 is 8.78 Å². The second-order valence-electron chi connectivity index (χ2n) is 7.01. The maximum absolute atomic E-state index is 12.6. The lowest BCUT2D eigenvalue weighted by molar-refractivity contribution is 0.119. The first kappa shape index (κ1) is 19.6. The molecule has 4 rings (SSSR count). The van der Waals surface area contributed by atoms with E-state index in [9.17, 15) is 13.6 Å². The van der Waals surface area contributed by atoms with E-state index < -0.39 is 18.5 Å². The van der Waals surface area contributed by atoms with Crippen LogP contribution in [0.15, 0.2) is 23.1 Å². The van der Waals surface area contributed by atoms with Gasteiger partial charge >= 0.3 is 0 Å². The smallest absolute Gasteiger partial charge is 0.287 e. The van der Waals surface area contributed by atoms with E-state index >= 15 is 0 Å². The minimum absolute atomic E-state index is 0.0843. The van der Waals surface area contributed by atoms with Gasteiger partial charge in [0.05, 0.1) is 17.6 Å². The predicted octanol–water partition coefficient (Wildman–Crippen LogP) is 2.15. The van der Waals surface area contributed by atoms with Crippen molar-refractivity contribution in [3.8, 4) is 0 Å². The van der Waals surface area contributed by atoms with Gasteiger partial charge in [-0.15, -0.1) is 0 Å². The highest BCUT2D eigenvalue weighted by Gasteiger charge is 2.24. The molecule has 0 unspecified atom stereocenters. The molecule has 0 amide bonds. The van der Waals surface area contributed by atoms with Crippen LogP contribution < -0.4 is 15.4 Å². The molecule has 0 radical (unpaired) electrons. The lowest BCUT2D eigenvalue weighted by Gasteiger charge is -2.37. The van der Waals surface area contributed by atoms with Crippen LogP contribution in [0, 0.1) is 13.8 Å². The number of hydrogen-bond acceptors (Lipinski definition) is 6. The standard InChI is InChI=1S/C18H20ClF2N7O/c1-11-8-16(28-15(23-11)7-12(2)24-28)26-5-3-25(4-6-26)13-9-22-27(10-14(20)21)18(29)17(13)19/h7-9,14H,3-6,10H2,1-2H3. The molecule has 11 heteroatoms. The van der Waals surface area contributed by atoms with Crippen molar-refractivity contribution in [3.63, 3.8) is 0 Å². The van der Waals surface area contributed by atoms with Crippen molar-refractivity contribution >= 4 is 28.8 Å². The highest BCUT2D eigenvalue weighted by Crippen LogP contribution is 2.25. The van der Waals surface area contributed by atoms with Crippen LogP contribution >= 0.6 is 11.6 Å². The average molecular weight is 424 g/mol. The SMILES string of the molecule is Cc1cc(N2CCN(c3cnn(CC(F)F)c(=O)c3Cl)CC2)n2nc(C)cc2n1. The van der Waals surface area contributed by atoms with E-state index in [1.54, 1.807) is 0 Å². The van der Waals surface area contributed by atoms with Crippen molar-refractivity contribution in [2.24, 2.45) is 0 Å². The van der Waals surface area contributed by atoms with Gasteiger partial charge in [0.1, 0.15) is 17.4 Å². The van der Waals surface area contributed by atoms with Crippen molar-refractivity contribution in [1.29, 1.82) is 0 Å². The number of hydrogen-bond donors (Lipinski definition) is 0. The van der Waals surface area contributed by atoms with Crippen LogP contribution in [0.4, 0.5) is 20.3 Å². The molecule has 3 aromatic heterocycles. The summed E-state index contributed by atoms with van der Waals surface area (Å²) in [4.78, 5) is 20.9. The van der Waals surface area contributed by atoms with E-state index in [2.05, 4.69) is 20.1 Å². The maximum Gasteiger partial charge on any atom is 0.287 e. The van der Waals surface area contributed by atoms with Crippen LogP contribution in [-0.2, 0) is 6.54 Å². The van der Waals surface area contributed by atoms with Gasteiger partial charge in [0.25, 0.3) is 12.0 Å². The van der Waals surface area contributed by atoms with E-state index in [0.29, 0.717) is 36.5 Å². The zero-order valence-electron chi connectivity index (χ0n) is 16.0. The molecule has 1 saturated heterocycles. The lowest BCUT2D eigenvalue weighted by atomic mass is 10.2. The van der Waals surface area contributed by atoms with Crippen LogP contribution in [0.5, 0.6) is 0 Å². The predicted molar refractivity (Wildman–Crippen MR) is 106 cm³/mol. The van der Waals surface area contributed by atoms with Crippen LogP contribution in [0.1, 0.15) is 11.4 Å². The topological polar surface area (TPSA) is 71.6 Å². The highest BCUT2D eigenvalue weighted by molar-refractivity contribution is 6.33. The number of rotatable bonds is 4. The summed E-state index contributed by atoms with van der Waals surface area (Å²) in [5.74, 6) is 0.955. The van der Waals surface area contributed by atoms with Gasteiger partial charge in [-0.2, -0.15) is 14.7 Å². The first-order valence-corrected chi connectivity index (χ1v) is 9.59. The Labute approximate surface area is 170 Å². The van der Waals surface area contributed by atoms with E-state index in [4.69, 9.17) is 11.6 Å². The zero-order chi connectivity index (χ0) is 20.7. The van der Waals surface area contributed by atoms with Crippen molar-refractivity contribution in [3.05, 3.63) is 45.1 Å². The van der Waals surface area contributed by atoms with E-state index in [-0.39, 0.29) is 5.02 Å². The van der Waals surface area contributed by atoms with Gasteiger partial charge in [0, 0.05) is 44.0 Å². The summed E-state index contributed by atoms with van der Waals surface area (Å²) < 4.78 is 27.7. The molecule has 1 aliphatic heterocycles. The molecule has 8 nitrogen and oxygen atoms in total. The molecule has 3 aromatic rings. The summed E-state index contributed by atoms with van der Waals surface area (Å²) in [5.41, 5.74) is 2.36. The molecular formula is C18H20ClF2N7O. The van der Waals surface area contributed by atoms with Gasteiger partial charge in [-0.3, -0.25) is 4.79 Å². The molecule has 29 heavy (non-hydrogen) atoms. The fraction of sp³-hybridized carbons (Fsp3) is 0.444. The molecule has 0 bridgehead atoms. The number of nitrogens with zero attached hydrogens (tertiary/aromatic N) is 7. The Kier molecular flexibility index (Phi) is 5.12. The number of alkyl halides is 2. The van der Waals surface area contributed by atoms with Crippen LogP contribution in [0.25, 0.3) is 5.65 Å². The van der Waals surface area contributed by atoms with Crippen molar-refractivity contribution in [2.45, 2.75) is 26.8 Å². The molecular weight excluding hydrogens is 404 g/mol. The van der Waals surface area contributed by atoms with Gasteiger partial charge < -0.3 is 9.80 Å². The summed E-state index contributed by atoms with van der Waals surface area (Å²) >= 11 is 6.17. The van der Waals surface area contributed by atoms with Crippen molar-refractivity contribution in [1.82, 2.24) is 24.4 Å². The molecule has 4 heterocycles. The Bertz CT molecular complexity index is 1110. The number of halogens is 3. The van der Waals surface area contributed by atoms with Crippen LogP contribution in [-0.4, -0.2) is 57.0 Å². The fourth-order valence-corrected chi connectivity index (χ4v) is 3.80. The van der Waals surface area contributed by atoms with E-state index in [1.165, 1.54) is 6.20 Å². The second-order valence-corrected chi connectivity index (χ2v) is 7.39. The Morgan fingerprint density at radius 3 is 2.48 bits per heavy atom. The summed E-state index contributed by atoms with van der Waals surface area (Å²) in [6.07, 6.45) is -1.29. The van der Waals surface area contributed by atoms with Gasteiger partial charge in [-0.25, -0.2) is 18.4 Å². The molecule has 1 aliphatic rings. The third-order valence-corrected chi connectivity index (χ3v) is 5.24. The quantitative estimate of drug-likeness (QED) is 0.640. The Balaban J connectivity index is 1.55. The normalized spacial score (nSPS) is 15.0. The summed E-state index contributed by atoms with van der Waals surface area (Å²) in [5, 5.41) is 8.29. The number of piperazine rings is 1. The van der Waals surface area contributed by atoms with Crippen molar-refractivity contribution in [2.75, 3.05) is 36.0 Å². The number of fused-ring (bicyclic) bond motifs is 1. The first-order chi connectivity index (χ1) is 13.8. The Hall–Kier alpha value is -2.75. The molecule has 1 fully saturated rings. The fourth-order valence-electron chi connectivity index (χ4n) is 3.53. The number of aromatic nitrogens is 5. The Morgan fingerprint density at radius 1 is 1.10 bits per heavy atom. The third kappa shape index (κ3) is 3.76. The molecule has 0 N–H and O–H groups in total. The van der Waals surface area contributed by atoms with Gasteiger partial charge in [-0.05, 0) is 13.8 Å². The average Bonchev–Trinajstić information content (AvgIpc) is 3.05. The molecule has 0 saturated carbocycles. The summed E-state index contributed by atoms with van der Waals surface area (Å²) in [6, 6.07) is 3.93. The first-order valence-electron chi connectivity index (χ1n) is 9.21. The number of aryl methyl sites for hydroxylation is 2. The molecule has 0 aromatic carbocycles. The third-order valence-electron chi connectivity index (χ3n) is 4.88. The minimum Gasteiger partial charge on any atom is -0.365 e.